The van der Waals surface area contributed by atoms with Gasteiger partial charge in [-0.1, -0.05) is 6.92 Å². The van der Waals surface area contributed by atoms with E-state index in [4.69, 9.17) is 0 Å². The van der Waals surface area contributed by atoms with Crippen molar-refractivity contribution < 1.29 is 4.79 Å². The molecule has 16 heavy (non-hydrogen) atoms. The molecular formula is C12H25N3O. The summed E-state index contributed by atoms with van der Waals surface area (Å²) in [4.78, 5) is 14.0. The minimum absolute atomic E-state index is 0.0121. The first-order chi connectivity index (χ1) is 7.50. The zero-order valence-corrected chi connectivity index (χ0v) is 10.9. The summed E-state index contributed by atoms with van der Waals surface area (Å²) in [5, 5.41) is 6.29. The van der Waals surface area contributed by atoms with Crippen molar-refractivity contribution in [3.8, 4) is 0 Å². The molecule has 4 nitrogen and oxygen atoms in total. The van der Waals surface area contributed by atoms with Gasteiger partial charge in [0.25, 0.3) is 0 Å². The molecule has 0 aromatic heterocycles. The summed E-state index contributed by atoms with van der Waals surface area (Å²) in [6.45, 7) is 6.00. The van der Waals surface area contributed by atoms with Crippen LogP contribution in [0.15, 0.2) is 0 Å². The third-order valence-corrected chi connectivity index (χ3v) is 3.44. The highest BCUT2D eigenvalue weighted by Gasteiger charge is 2.24. The second-order valence-corrected chi connectivity index (χ2v) is 5.19. The molecule has 1 saturated heterocycles. The predicted octanol–water partition coefficient (Wildman–Crippen LogP) is 0.441. The molecule has 0 aliphatic carbocycles. The Kier molecular flexibility index (Phi) is 5.22. The van der Waals surface area contributed by atoms with Gasteiger partial charge in [0.1, 0.15) is 0 Å². The summed E-state index contributed by atoms with van der Waals surface area (Å²) in [6.07, 6.45) is 2.14. The summed E-state index contributed by atoms with van der Waals surface area (Å²) in [6, 6.07) is 0.392. The van der Waals surface area contributed by atoms with Crippen molar-refractivity contribution in [1.29, 1.82) is 0 Å². The largest absolute Gasteiger partial charge is 0.353 e. The van der Waals surface area contributed by atoms with Crippen LogP contribution in [0, 0.1) is 5.92 Å². The normalized spacial score (nSPS) is 27.8. The summed E-state index contributed by atoms with van der Waals surface area (Å²) in [7, 11) is 4.05. The fraction of sp³-hybridized carbons (Fsp3) is 0.917. The van der Waals surface area contributed by atoms with E-state index >= 15 is 0 Å². The standard InChI is InChI=1S/C12H25N3O/c1-9-5-6-13-11(7-9)12(16)14-8-10(2)15(3)4/h9-11,13H,5-8H2,1-4H3,(H,14,16). The molecule has 1 rings (SSSR count). The molecule has 1 amide bonds. The first-order valence-electron chi connectivity index (χ1n) is 6.18. The first-order valence-corrected chi connectivity index (χ1v) is 6.18. The molecule has 4 heteroatoms. The van der Waals surface area contributed by atoms with Crippen LogP contribution in [0.1, 0.15) is 26.7 Å². The minimum atomic E-state index is 0.0121. The Morgan fingerprint density at radius 3 is 2.81 bits per heavy atom. The summed E-state index contributed by atoms with van der Waals surface area (Å²) in [5.74, 6) is 0.809. The average molecular weight is 227 g/mol. The molecule has 0 saturated carbocycles. The molecule has 0 aromatic rings. The fourth-order valence-electron chi connectivity index (χ4n) is 1.86. The van der Waals surface area contributed by atoms with Gasteiger partial charge in [-0.2, -0.15) is 0 Å². The Bertz CT molecular complexity index is 230. The number of carbonyl (C=O) groups is 1. The van der Waals surface area contributed by atoms with Crippen LogP contribution in [-0.2, 0) is 4.79 Å². The van der Waals surface area contributed by atoms with E-state index in [0.29, 0.717) is 12.0 Å². The predicted molar refractivity (Wildman–Crippen MR) is 66.3 cm³/mol. The molecule has 3 unspecified atom stereocenters. The van der Waals surface area contributed by atoms with E-state index in [1.54, 1.807) is 0 Å². The SMILES string of the molecule is CC1CCNC(C(=O)NCC(C)N(C)C)C1. The van der Waals surface area contributed by atoms with Crippen LogP contribution in [0.5, 0.6) is 0 Å². The zero-order chi connectivity index (χ0) is 12.1. The number of nitrogens with zero attached hydrogens (tertiary/aromatic N) is 1. The molecule has 0 radical (unpaired) electrons. The maximum Gasteiger partial charge on any atom is 0.237 e. The van der Waals surface area contributed by atoms with Gasteiger partial charge in [-0.15, -0.1) is 0 Å². The van der Waals surface area contributed by atoms with E-state index in [2.05, 4.69) is 29.4 Å². The maximum absolute atomic E-state index is 11.9. The quantitative estimate of drug-likeness (QED) is 0.732. The fourth-order valence-corrected chi connectivity index (χ4v) is 1.86. The Hall–Kier alpha value is -0.610. The topological polar surface area (TPSA) is 44.4 Å². The molecule has 1 heterocycles. The van der Waals surface area contributed by atoms with Crippen LogP contribution in [0.3, 0.4) is 0 Å². The van der Waals surface area contributed by atoms with Crippen LogP contribution in [0.4, 0.5) is 0 Å². The highest BCUT2D eigenvalue weighted by molar-refractivity contribution is 5.81. The number of piperidine rings is 1. The zero-order valence-electron chi connectivity index (χ0n) is 10.9. The third-order valence-electron chi connectivity index (χ3n) is 3.44. The highest BCUT2D eigenvalue weighted by Crippen LogP contribution is 2.14. The number of likely N-dealkylation sites (N-methyl/N-ethyl adjacent to an activating group) is 1. The van der Waals surface area contributed by atoms with E-state index < -0.39 is 0 Å². The first kappa shape index (κ1) is 13.5. The van der Waals surface area contributed by atoms with Crippen molar-refractivity contribution in [2.75, 3.05) is 27.2 Å². The van der Waals surface area contributed by atoms with Crippen LogP contribution in [0.2, 0.25) is 0 Å². The number of carbonyl (C=O) groups excluding carboxylic acids is 1. The van der Waals surface area contributed by atoms with E-state index in [1.165, 1.54) is 6.42 Å². The van der Waals surface area contributed by atoms with Crippen LogP contribution in [0.25, 0.3) is 0 Å². The lowest BCUT2D eigenvalue weighted by molar-refractivity contribution is -0.124. The number of amides is 1. The second-order valence-electron chi connectivity index (χ2n) is 5.19. The molecule has 1 aliphatic heterocycles. The maximum atomic E-state index is 11.9. The molecule has 94 valence electrons. The molecule has 0 aromatic carbocycles. The Balaban J connectivity index is 2.29. The Morgan fingerprint density at radius 2 is 2.25 bits per heavy atom. The molecule has 2 N–H and O–H groups in total. The number of hydrogen-bond donors (Lipinski definition) is 2. The van der Waals surface area contributed by atoms with E-state index in [1.807, 2.05) is 14.1 Å². The number of rotatable bonds is 4. The Labute approximate surface area is 98.8 Å². The van der Waals surface area contributed by atoms with Crippen LogP contribution >= 0.6 is 0 Å². The smallest absolute Gasteiger partial charge is 0.237 e. The number of hydrogen-bond acceptors (Lipinski definition) is 3. The average Bonchev–Trinajstić information content (AvgIpc) is 2.25. The monoisotopic (exact) mass is 227 g/mol. The lowest BCUT2D eigenvalue weighted by atomic mass is 9.94. The highest BCUT2D eigenvalue weighted by atomic mass is 16.2. The van der Waals surface area contributed by atoms with E-state index in [0.717, 1.165) is 19.5 Å². The van der Waals surface area contributed by atoms with Gasteiger partial charge in [0.15, 0.2) is 0 Å². The van der Waals surface area contributed by atoms with Gasteiger partial charge in [0.05, 0.1) is 6.04 Å². The van der Waals surface area contributed by atoms with Crippen LogP contribution < -0.4 is 10.6 Å². The van der Waals surface area contributed by atoms with Crippen molar-refractivity contribution in [2.24, 2.45) is 5.92 Å². The van der Waals surface area contributed by atoms with Crippen molar-refractivity contribution in [1.82, 2.24) is 15.5 Å². The lowest BCUT2D eigenvalue weighted by Crippen LogP contribution is -2.50. The van der Waals surface area contributed by atoms with E-state index in [-0.39, 0.29) is 11.9 Å². The van der Waals surface area contributed by atoms with Crippen molar-refractivity contribution in [2.45, 2.75) is 38.8 Å². The summed E-state index contributed by atoms with van der Waals surface area (Å²) < 4.78 is 0. The van der Waals surface area contributed by atoms with Crippen molar-refractivity contribution in [3.63, 3.8) is 0 Å². The van der Waals surface area contributed by atoms with Crippen molar-refractivity contribution >= 4 is 5.91 Å². The second kappa shape index (κ2) is 6.21. The third kappa shape index (κ3) is 4.10. The van der Waals surface area contributed by atoms with Gasteiger partial charge in [0, 0.05) is 12.6 Å². The molecule has 3 atom stereocenters. The molecule has 1 fully saturated rings. The van der Waals surface area contributed by atoms with Gasteiger partial charge in [0.2, 0.25) is 5.91 Å². The van der Waals surface area contributed by atoms with E-state index in [9.17, 15) is 4.79 Å². The lowest BCUT2D eigenvalue weighted by Gasteiger charge is -2.28. The van der Waals surface area contributed by atoms with Gasteiger partial charge >= 0.3 is 0 Å². The van der Waals surface area contributed by atoms with Crippen molar-refractivity contribution in [3.05, 3.63) is 0 Å². The summed E-state index contributed by atoms with van der Waals surface area (Å²) >= 11 is 0. The van der Waals surface area contributed by atoms with Gasteiger partial charge in [-0.3, -0.25) is 4.79 Å². The number of nitrogens with one attached hydrogen (secondary N) is 2. The van der Waals surface area contributed by atoms with Gasteiger partial charge < -0.3 is 15.5 Å². The minimum Gasteiger partial charge on any atom is -0.353 e. The van der Waals surface area contributed by atoms with Crippen LogP contribution in [-0.4, -0.2) is 50.1 Å². The summed E-state index contributed by atoms with van der Waals surface area (Å²) in [5.41, 5.74) is 0. The molecule has 0 spiro atoms. The Morgan fingerprint density at radius 1 is 1.56 bits per heavy atom. The molecular weight excluding hydrogens is 202 g/mol. The molecule has 0 bridgehead atoms. The van der Waals surface area contributed by atoms with Gasteiger partial charge in [-0.25, -0.2) is 0 Å². The van der Waals surface area contributed by atoms with Gasteiger partial charge in [-0.05, 0) is 46.3 Å². The molecule has 1 aliphatic rings.